The summed E-state index contributed by atoms with van der Waals surface area (Å²) in [6.07, 6.45) is 1.70. The summed E-state index contributed by atoms with van der Waals surface area (Å²) in [7, 11) is 0. The van der Waals surface area contributed by atoms with Crippen molar-refractivity contribution in [2.24, 2.45) is 0 Å². The summed E-state index contributed by atoms with van der Waals surface area (Å²) >= 11 is 2.02. The van der Waals surface area contributed by atoms with E-state index in [0.29, 0.717) is 6.10 Å². The minimum atomic E-state index is 0.442. The zero-order valence-corrected chi connectivity index (χ0v) is 8.82. The first-order chi connectivity index (χ1) is 5.83. The molecule has 0 radical (unpaired) electrons. The Balaban J connectivity index is 2.05. The lowest BCUT2D eigenvalue weighted by atomic mass is 10.3. The van der Waals surface area contributed by atoms with Crippen molar-refractivity contribution in [1.29, 1.82) is 0 Å². The van der Waals surface area contributed by atoms with E-state index in [-0.39, 0.29) is 0 Å². The molecule has 12 heavy (non-hydrogen) atoms. The minimum absolute atomic E-state index is 0.442. The van der Waals surface area contributed by atoms with E-state index < -0.39 is 0 Å². The van der Waals surface area contributed by atoms with Crippen LogP contribution in [0, 0.1) is 0 Å². The number of rotatable bonds is 4. The molecule has 0 amide bonds. The molecule has 1 fully saturated rings. The van der Waals surface area contributed by atoms with E-state index in [1.807, 2.05) is 11.8 Å². The van der Waals surface area contributed by atoms with E-state index in [4.69, 9.17) is 4.74 Å². The van der Waals surface area contributed by atoms with Crippen LogP contribution in [0.1, 0.15) is 20.3 Å². The number of morpholine rings is 1. The molecule has 0 aromatic carbocycles. The first kappa shape index (κ1) is 10.4. The van der Waals surface area contributed by atoms with Gasteiger partial charge in [-0.25, -0.2) is 0 Å². The van der Waals surface area contributed by atoms with Gasteiger partial charge in [0.1, 0.15) is 0 Å². The SMILES string of the molecule is CCC(C)SCC1CNCCO1. The number of nitrogens with one attached hydrogen (secondary N) is 1. The van der Waals surface area contributed by atoms with Crippen LogP contribution in [-0.4, -0.2) is 36.8 Å². The van der Waals surface area contributed by atoms with Gasteiger partial charge in [0.2, 0.25) is 0 Å². The summed E-state index contributed by atoms with van der Waals surface area (Å²) < 4.78 is 5.59. The second kappa shape index (κ2) is 5.84. The van der Waals surface area contributed by atoms with Crippen molar-refractivity contribution in [3.05, 3.63) is 0 Å². The Morgan fingerprint density at radius 2 is 2.50 bits per heavy atom. The average molecular weight is 189 g/mol. The van der Waals surface area contributed by atoms with Gasteiger partial charge in [-0.2, -0.15) is 11.8 Å². The van der Waals surface area contributed by atoms with E-state index in [0.717, 1.165) is 30.7 Å². The van der Waals surface area contributed by atoms with Crippen LogP contribution in [0.15, 0.2) is 0 Å². The van der Waals surface area contributed by atoms with Crippen LogP contribution in [0.4, 0.5) is 0 Å². The molecule has 2 unspecified atom stereocenters. The Bertz CT molecular complexity index is 115. The molecule has 0 aliphatic carbocycles. The molecule has 3 heteroatoms. The van der Waals surface area contributed by atoms with Gasteiger partial charge in [0.15, 0.2) is 0 Å². The number of hydrogen-bond acceptors (Lipinski definition) is 3. The lowest BCUT2D eigenvalue weighted by Gasteiger charge is -2.24. The van der Waals surface area contributed by atoms with Gasteiger partial charge in [-0.1, -0.05) is 13.8 Å². The minimum Gasteiger partial charge on any atom is -0.375 e. The fraction of sp³-hybridized carbons (Fsp3) is 1.00. The monoisotopic (exact) mass is 189 g/mol. The fourth-order valence-corrected chi connectivity index (χ4v) is 2.11. The van der Waals surface area contributed by atoms with E-state index in [1.54, 1.807) is 0 Å². The second-order valence-electron chi connectivity index (χ2n) is 3.25. The molecule has 0 aromatic heterocycles. The Kier molecular flexibility index (Phi) is 5.04. The van der Waals surface area contributed by atoms with Crippen molar-refractivity contribution in [3.63, 3.8) is 0 Å². The van der Waals surface area contributed by atoms with Crippen molar-refractivity contribution >= 4 is 11.8 Å². The van der Waals surface area contributed by atoms with Crippen molar-refractivity contribution < 1.29 is 4.74 Å². The van der Waals surface area contributed by atoms with Crippen LogP contribution < -0.4 is 5.32 Å². The molecule has 1 aliphatic heterocycles. The van der Waals surface area contributed by atoms with Crippen LogP contribution >= 0.6 is 11.8 Å². The topological polar surface area (TPSA) is 21.3 Å². The summed E-state index contributed by atoms with van der Waals surface area (Å²) in [6.45, 7) is 7.44. The molecule has 2 atom stereocenters. The van der Waals surface area contributed by atoms with Crippen molar-refractivity contribution in [2.75, 3.05) is 25.4 Å². The quantitative estimate of drug-likeness (QED) is 0.724. The summed E-state index contributed by atoms with van der Waals surface area (Å²) in [5.41, 5.74) is 0. The molecule has 0 aromatic rings. The summed E-state index contributed by atoms with van der Waals surface area (Å²) in [5.74, 6) is 1.14. The van der Waals surface area contributed by atoms with Crippen LogP contribution in [0.3, 0.4) is 0 Å². The zero-order chi connectivity index (χ0) is 8.81. The van der Waals surface area contributed by atoms with Crippen LogP contribution in [0.2, 0.25) is 0 Å². The average Bonchev–Trinajstić information content (AvgIpc) is 2.16. The summed E-state index contributed by atoms with van der Waals surface area (Å²) in [6, 6.07) is 0. The molecule has 72 valence electrons. The maximum atomic E-state index is 5.59. The Labute approximate surface area is 79.4 Å². The van der Waals surface area contributed by atoms with Crippen LogP contribution in [0.5, 0.6) is 0 Å². The van der Waals surface area contributed by atoms with Crippen molar-refractivity contribution in [3.8, 4) is 0 Å². The number of ether oxygens (including phenoxy) is 1. The molecule has 0 saturated carbocycles. The molecule has 1 rings (SSSR count). The highest BCUT2D eigenvalue weighted by Crippen LogP contribution is 2.16. The molecule has 0 spiro atoms. The molecule has 1 N–H and O–H groups in total. The lowest BCUT2D eigenvalue weighted by Crippen LogP contribution is -2.40. The van der Waals surface area contributed by atoms with Crippen molar-refractivity contribution in [2.45, 2.75) is 31.6 Å². The van der Waals surface area contributed by atoms with Gasteiger partial charge in [-0.05, 0) is 6.42 Å². The van der Waals surface area contributed by atoms with Crippen molar-refractivity contribution in [1.82, 2.24) is 5.32 Å². The van der Waals surface area contributed by atoms with Gasteiger partial charge in [0.05, 0.1) is 12.7 Å². The standard InChI is InChI=1S/C9H19NOS/c1-3-8(2)12-7-9-6-10-4-5-11-9/h8-10H,3-7H2,1-2H3. The third kappa shape index (κ3) is 3.78. The molecular weight excluding hydrogens is 170 g/mol. The lowest BCUT2D eigenvalue weighted by molar-refractivity contribution is 0.0440. The molecule has 2 nitrogen and oxygen atoms in total. The van der Waals surface area contributed by atoms with Gasteiger partial charge in [0.25, 0.3) is 0 Å². The van der Waals surface area contributed by atoms with E-state index in [1.165, 1.54) is 6.42 Å². The first-order valence-electron chi connectivity index (χ1n) is 4.77. The highest BCUT2D eigenvalue weighted by atomic mass is 32.2. The third-order valence-corrected chi connectivity index (χ3v) is 3.61. The maximum absolute atomic E-state index is 5.59. The highest BCUT2D eigenvalue weighted by molar-refractivity contribution is 7.99. The van der Waals surface area contributed by atoms with Gasteiger partial charge >= 0.3 is 0 Å². The van der Waals surface area contributed by atoms with E-state index >= 15 is 0 Å². The Hall–Kier alpha value is 0.270. The number of hydrogen-bond donors (Lipinski definition) is 1. The normalized spacial score (nSPS) is 27.0. The summed E-state index contributed by atoms with van der Waals surface area (Å²) in [4.78, 5) is 0. The predicted molar refractivity (Wildman–Crippen MR) is 54.8 cm³/mol. The van der Waals surface area contributed by atoms with Gasteiger partial charge in [-0.15, -0.1) is 0 Å². The smallest absolute Gasteiger partial charge is 0.0790 e. The fourth-order valence-electron chi connectivity index (χ4n) is 1.12. The van der Waals surface area contributed by atoms with E-state index in [9.17, 15) is 0 Å². The third-order valence-electron chi connectivity index (χ3n) is 2.15. The van der Waals surface area contributed by atoms with Gasteiger partial charge < -0.3 is 10.1 Å². The molecule has 0 bridgehead atoms. The van der Waals surface area contributed by atoms with Gasteiger partial charge in [-0.3, -0.25) is 0 Å². The molecule has 1 saturated heterocycles. The Morgan fingerprint density at radius 3 is 3.08 bits per heavy atom. The molecule has 1 aliphatic rings. The largest absolute Gasteiger partial charge is 0.375 e. The van der Waals surface area contributed by atoms with Crippen LogP contribution in [0.25, 0.3) is 0 Å². The predicted octanol–water partition coefficient (Wildman–Crippen LogP) is 1.51. The highest BCUT2D eigenvalue weighted by Gasteiger charge is 2.13. The number of thioether (sulfide) groups is 1. The molecule has 1 heterocycles. The maximum Gasteiger partial charge on any atom is 0.0790 e. The first-order valence-corrected chi connectivity index (χ1v) is 5.81. The molecular formula is C9H19NOS. The van der Waals surface area contributed by atoms with Gasteiger partial charge in [0, 0.05) is 24.1 Å². The summed E-state index contributed by atoms with van der Waals surface area (Å²) in [5, 5.41) is 4.11. The zero-order valence-electron chi connectivity index (χ0n) is 8.01. The van der Waals surface area contributed by atoms with Crippen LogP contribution in [-0.2, 0) is 4.74 Å². The Morgan fingerprint density at radius 1 is 1.67 bits per heavy atom. The van der Waals surface area contributed by atoms with E-state index in [2.05, 4.69) is 19.2 Å². The second-order valence-corrected chi connectivity index (χ2v) is 4.72.